The van der Waals surface area contributed by atoms with Crippen molar-refractivity contribution >= 4 is 11.8 Å². The first-order valence-corrected chi connectivity index (χ1v) is 7.10. The van der Waals surface area contributed by atoms with E-state index < -0.39 is 0 Å². The van der Waals surface area contributed by atoms with Crippen LogP contribution in [0, 0.1) is 18.3 Å². The van der Waals surface area contributed by atoms with Crippen LogP contribution in [0.2, 0.25) is 0 Å². The predicted octanol–water partition coefficient (Wildman–Crippen LogP) is 3.28. The van der Waals surface area contributed by atoms with Crippen LogP contribution in [0.5, 0.6) is 0 Å². The normalized spacial score (nSPS) is 12.1. The maximum absolute atomic E-state index is 8.90. The van der Waals surface area contributed by atoms with Gasteiger partial charge in [-0.05, 0) is 26.3 Å². The average molecular weight is 272 g/mol. The molecular formula is C14H16N4S. The van der Waals surface area contributed by atoms with Crippen molar-refractivity contribution in [3.63, 3.8) is 0 Å². The maximum atomic E-state index is 8.90. The lowest BCUT2D eigenvalue weighted by Crippen LogP contribution is -2.02. The fourth-order valence-electron chi connectivity index (χ4n) is 1.87. The van der Waals surface area contributed by atoms with Gasteiger partial charge in [-0.3, -0.25) is 0 Å². The van der Waals surface area contributed by atoms with E-state index in [2.05, 4.69) is 40.7 Å². The van der Waals surface area contributed by atoms with Gasteiger partial charge < -0.3 is 4.57 Å². The van der Waals surface area contributed by atoms with Gasteiger partial charge in [0, 0.05) is 12.1 Å². The molecule has 0 unspecified atom stereocenters. The zero-order valence-electron chi connectivity index (χ0n) is 11.3. The molecule has 0 aliphatic rings. The van der Waals surface area contributed by atoms with Gasteiger partial charge in [0.1, 0.15) is 0 Å². The smallest absolute Gasteiger partial charge is 0.192 e. The molecule has 0 saturated carbocycles. The number of rotatable bonds is 4. The van der Waals surface area contributed by atoms with E-state index in [-0.39, 0.29) is 5.25 Å². The second kappa shape index (κ2) is 5.89. The number of nitriles is 1. The molecule has 0 bridgehead atoms. The van der Waals surface area contributed by atoms with E-state index in [9.17, 15) is 0 Å². The number of thioether (sulfide) groups is 1. The molecule has 1 heterocycles. The SMILES string of the molecule is CCn1c(S[C@H](C)C#N)nnc1-c1ccccc1C. The zero-order valence-corrected chi connectivity index (χ0v) is 12.1. The minimum absolute atomic E-state index is 0.126. The van der Waals surface area contributed by atoms with Crippen molar-refractivity contribution in [1.29, 1.82) is 5.26 Å². The highest BCUT2D eigenvalue weighted by Gasteiger charge is 2.16. The van der Waals surface area contributed by atoms with Crippen molar-refractivity contribution in [2.45, 2.75) is 37.7 Å². The molecule has 0 spiro atoms. The Morgan fingerprint density at radius 2 is 2.11 bits per heavy atom. The number of aromatic nitrogens is 3. The quantitative estimate of drug-likeness (QED) is 0.801. The predicted molar refractivity (Wildman–Crippen MR) is 76.8 cm³/mol. The Kier molecular flexibility index (Phi) is 4.23. The Morgan fingerprint density at radius 3 is 2.74 bits per heavy atom. The Balaban J connectivity index is 2.44. The van der Waals surface area contributed by atoms with Gasteiger partial charge in [0.25, 0.3) is 0 Å². The van der Waals surface area contributed by atoms with Crippen LogP contribution in [0.1, 0.15) is 19.4 Å². The highest BCUT2D eigenvalue weighted by atomic mass is 32.2. The molecule has 0 radical (unpaired) electrons. The number of hydrogen-bond donors (Lipinski definition) is 0. The van der Waals surface area contributed by atoms with Crippen molar-refractivity contribution in [2.24, 2.45) is 0 Å². The molecule has 2 rings (SSSR count). The number of nitrogens with zero attached hydrogens (tertiary/aromatic N) is 4. The van der Waals surface area contributed by atoms with E-state index in [1.165, 1.54) is 17.3 Å². The maximum Gasteiger partial charge on any atom is 0.192 e. The van der Waals surface area contributed by atoms with Gasteiger partial charge in [0.15, 0.2) is 11.0 Å². The first-order valence-electron chi connectivity index (χ1n) is 6.22. The van der Waals surface area contributed by atoms with Crippen molar-refractivity contribution < 1.29 is 0 Å². The van der Waals surface area contributed by atoms with E-state index in [4.69, 9.17) is 5.26 Å². The van der Waals surface area contributed by atoms with Crippen LogP contribution in [-0.4, -0.2) is 20.0 Å². The van der Waals surface area contributed by atoms with Crippen molar-refractivity contribution in [3.8, 4) is 17.5 Å². The van der Waals surface area contributed by atoms with Crippen LogP contribution in [0.25, 0.3) is 11.4 Å². The lowest BCUT2D eigenvalue weighted by atomic mass is 10.1. The van der Waals surface area contributed by atoms with E-state index in [0.717, 1.165) is 23.1 Å². The molecule has 5 heteroatoms. The third kappa shape index (κ3) is 2.79. The topological polar surface area (TPSA) is 54.5 Å². The summed E-state index contributed by atoms with van der Waals surface area (Å²) in [6, 6.07) is 10.3. The third-order valence-electron chi connectivity index (χ3n) is 2.88. The molecule has 0 amide bonds. The highest BCUT2D eigenvalue weighted by Crippen LogP contribution is 2.27. The molecule has 0 saturated heterocycles. The summed E-state index contributed by atoms with van der Waals surface area (Å²) in [5.74, 6) is 0.869. The van der Waals surface area contributed by atoms with Gasteiger partial charge in [-0.15, -0.1) is 10.2 Å². The Hall–Kier alpha value is -1.80. The van der Waals surface area contributed by atoms with Gasteiger partial charge in [-0.1, -0.05) is 36.0 Å². The summed E-state index contributed by atoms with van der Waals surface area (Å²) in [6.45, 7) is 6.78. The largest absolute Gasteiger partial charge is 0.302 e. The molecule has 19 heavy (non-hydrogen) atoms. The van der Waals surface area contributed by atoms with E-state index >= 15 is 0 Å². The second-order valence-electron chi connectivity index (χ2n) is 4.25. The zero-order chi connectivity index (χ0) is 13.8. The summed E-state index contributed by atoms with van der Waals surface area (Å²) in [6.07, 6.45) is 0. The molecule has 0 aliphatic carbocycles. The molecule has 0 N–H and O–H groups in total. The molecule has 1 atom stereocenters. The molecule has 1 aromatic carbocycles. The van der Waals surface area contributed by atoms with Crippen LogP contribution < -0.4 is 0 Å². The van der Waals surface area contributed by atoms with E-state index in [1.54, 1.807) is 0 Å². The summed E-state index contributed by atoms with van der Waals surface area (Å²) in [4.78, 5) is 0. The fourth-order valence-corrected chi connectivity index (χ4v) is 2.67. The summed E-state index contributed by atoms with van der Waals surface area (Å²) in [5.41, 5.74) is 2.27. The Bertz CT molecular complexity index is 612. The summed E-state index contributed by atoms with van der Waals surface area (Å²) in [7, 11) is 0. The standard InChI is InChI=1S/C14H16N4S/c1-4-18-13(12-8-6-5-7-10(12)2)16-17-14(18)19-11(3)9-15/h5-8,11H,4H2,1-3H3/t11-/m1/s1. The third-order valence-corrected chi connectivity index (χ3v) is 3.85. The lowest BCUT2D eigenvalue weighted by Gasteiger charge is -2.09. The second-order valence-corrected chi connectivity index (χ2v) is 5.56. The Labute approximate surface area is 117 Å². The minimum Gasteiger partial charge on any atom is -0.302 e. The molecule has 0 fully saturated rings. The van der Waals surface area contributed by atoms with E-state index in [0.29, 0.717) is 0 Å². The fraction of sp³-hybridized carbons (Fsp3) is 0.357. The van der Waals surface area contributed by atoms with Crippen molar-refractivity contribution in [1.82, 2.24) is 14.8 Å². The van der Waals surface area contributed by atoms with Crippen LogP contribution in [0.3, 0.4) is 0 Å². The minimum atomic E-state index is -0.126. The van der Waals surface area contributed by atoms with Gasteiger partial charge in [0.2, 0.25) is 0 Å². The van der Waals surface area contributed by atoms with Gasteiger partial charge in [0.05, 0.1) is 11.3 Å². The summed E-state index contributed by atoms with van der Waals surface area (Å²) < 4.78 is 2.06. The first kappa shape index (κ1) is 13.6. The molecule has 98 valence electrons. The van der Waals surface area contributed by atoms with Crippen LogP contribution in [0.4, 0.5) is 0 Å². The van der Waals surface area contributed by atoms with Crippen LogP contribution in [-0.2, 0) is 6.54 Å². The monoisotopic (exact) mass is 272 g/mol. The number of benzene rings is 1. The van der Waals surface area contributed by atoms with Gasteiger partial charge in [-0.2, -0.15) is 5.26 Å². The highest BCUT2D eigenvalue weighted by molar-refractivity contribution is 8.00. The molecule has 1 aromatic heterocycles. The summed E-state index contributed by atoms with van der Waals surface area (Å²) >= 11 is 1.44. The van der Waals surface area contributed by atoms with Crippen LogP contribution >= 0.6 is 11.8 Å². The molecule has 2 aromatic rings. The number of hydrogen-bond acceptors (Lipinski definition) is 4. The van der Waals surface area contributed by atoms with Crippen LogP contribution in [0.15, 0.2) is 29.4 Å². The van der Waals surface area contributed by atoms with Gasteiger partial charge >= 0.3 is 0 Å². The Morgan fingerprint density at radius 1 is 1.37 bits per heavy atom. The summed E-state index contributed by atoms with van der Waals surface area (Å²) in [5, 5.41) is 18.1. The van der Waals surface area contributed by atoms with Crippen molar-refractivity contribution in [3.05, 3.63) is 29.8 Å². The molecule has 0 aliphatic heterocycles. The van der Waals surface area contributed by atoms with Crippen molar-refractivity contribution in [2.75, 3.05) is 0 Å². The average Bonchev–Trinajstić information content (AvgIpc) is 2.81. The number of aryl methyl sites for hydroxylation is 1. The van der Waals surface area contributed by atoms with Gasteiger partial charge in [-0.25, -0.2) is 0 Å². The lowest BCUT2D eigenvalue weighted by molar-refractivity contribution is 0.686. The molecule has 4 nitrogen and oxygen atoms in total. The van der Waals surface area contributed by atoms with E-state index in [1.807, 2.05) is 25.1 Å². The molecular weight excluding hydrogens is 256 g/mol. The first-order chi connectivity index (χ1) is 9.17.